The second-order valence-corrected chi connectivity index (χ2v) is 6.24. The van der Waals surface area contributed by atoms with Gasteiger partial charge >= 0.3 is 0 Å². The Bertz CT molecular complexity index is 1070. The number of rotatable bonds is 1. The molecule has 0 radical (unpaired) electrons. The first kappa shape index (κ1) is 16.0. The van der Waals surface area contributed by atoms with Gasteiger partial charge in [-0.25, -0.2) is 4.39 Å². The number of hydrogen-bond acceptors (Lipinski definition) is 5. The van der Waals surface area contributed by atoms with Crippen molar-refractivity contribution < 1.29 is 4.39 Å². The van der Waals surface area contributed by atoms with Crippen molar-refractivity contribution in [1.29, 1.82) is 10.5 Å². The second kappa shape index (κ2) is 5.80. The maximum absolute atomic E-state index is 14.6. The predicted octanol–water partition coefficient (Wildman–Crippen LogP) is 3.94. The van der Waals surface area contributed by atoms with Crippen LogP contribution in [0.2, 0.25) is 5.02 Å². The zero-order chi connectivity index (χ0) is 18.4. The molecule has 0 amide bonds. The van der Waals surface area contributed by atoms with Crippen LogP contribution in [0.15, 0.2) is 65.3 Å². The van der Waals surface area contributed by atoms with E-state index in [9.17, 15) is 14.9 Å². The number of nitrogens with zero attached hydrogens (tertiary/aromatic N) is 3. The number of benzene rings is 2. The molecule has 0 saturated heterocycles. The summed E-state index contributed by atoms with van der Waals surface area (Å²) in [5.41, 5.74) is 8.06. The third kappa shape index (κ3) is 2.07. The molecular formula is C19H11ClFN5. The number of para-hydroxylation sites is 2. The first-order valence-electron chi connectivity index (χ1n) is 7.72. The number of hydrogen-bond donors (Lipinski definition) is 2. The standard InChI is InChI=1S/C19H11ClFN5/c20-12-4-3-5-13(21)17(12)16-10(8-22)18(24)26-15-7-2-1-6-14(15)25-19(26)11(16)9-23/h1-7,16,25H,24H2/t16-/m1/s1. The number of nitrogens with one attached hydrogen (secondary N) is 1. The minimum atomic E-state index is -0.980. The van der Waals surface area contributed by atoms with E-state index in [-0.39, 0.29) is 27.6 Å². The zero-order valence-corrected chi connectivity index (χ0v) is 14.0. The van der Waals surface area contributed by atoms with E-state index in [0.717, 1.165) is 11.4 Å². The van der Waals surface area contributed by atoms with Gasteiger partial charge in [-0.15, -0.1) is 0 Å². The topological polar surface area (TPSA) is 88.9 Å². The van der Waals surface area contributed by atoms with Crippen molar-refractivity contribution >= 4 is 23.0 Å². The maximum atomic E-state index is 14.6. The molecule has 0 spiro atoms. The molecule has 3 N–H and O–H groups in total. The molecule has 2 aliphatic heterocycles. The normalized spacial score (nSPS) is 18.0. The van der Waals surface area contributed by atoms with Gasteiger partial charge in [-0.2, -0.15) is 10.5 Å². The van der Waals surface area contributed by atoms with Gasteiger partial charge in [0.05, 0.1) is 40.6 Å². The predicted molar refractivity (Wildman–Crippen MR) is 96.2 cm³/mol. The lowest BCUT2D eigenvalue weighted by molar-refractivity contribution is 0.605. The van der Waals surface area contributed by atoms with E-state index in [0.29, 0.717) is 5.82 Å². The molecule has 0 aromatic heterocycles. The number of halogens is 2. The summed E-state index contributed by atoms with van der Waals surface area (Å²) in [6, 6.07) is 15.7. The maximum Gasteiger partial charge on any atom is 0.131 e. The van der Waals surface area contributed by atoms with E-state index < -0.39 is 11.7 Å². The first-order valence-corrected chi connectivity index (χ1v) is 8.10. The lowest BCUT2D eigenvalue weighted by atomic mass is 9.82. The van der Waals surface area contributed by atoms with Crippen molar-refractivity contribution in [2.75, 3.05) is 10.2 Å². The van der Waals surface area contributed by atoms with Crippen LogP contribution < -0.4 is 16.0 Å². The van der Waals surface area contributed by atoms with E-state index >= 15 is 0 Å². The summed E-state index contributed by atoms with van der Waals surface area (Å²) in [7, 11) is 0. The molecule has 0 fully saturated rings. The van der Waals surface area contributed by atoms with E-state index in [2.05, 4.69) is 11.4 Å². The Balaban J connectivity index is 2.03. The van der Waals surface area contributed by atoms with Gasteiger partial charge in [-0.05, 0) is 24.3 Å². The van der Waals surface area contributed by atoms with Crippen LogP contribution in [0.5, 0.6) is 0 Å². The molecular weight excluding hydrogens is 353 g/mol. The number of fused-ring (bicyclic) bond motifs is 3. The van der Waals surface area contributed by atoms with Crippen LogP contribution in [0.4, 0.5) is 15.8 Å². The average molecular weight is 364 g/mol. The SMILES string of the molecule is N#CC1=C(N)N2C(=C(C#N)[C@@H]1c1c(F)cccc1Cl)Nc1ccccc12. The molecule has 1 atom stereocenters. The Morgan fingerprint density at radius 3 is 2.50 bits per heavy atom. The lowest BCUT2D eigenvalue weighted by Crippen LogP contribution is -2.34. The number of nitrogens with two attached hydrogens (primary N) is 1. The molecule has 126 valence electrons. The Hall–Kier alpha value is -3.48. The van der Waals surface area contributed by atoms with Crippen LogP contribution in [0, 0.1) is 28.5 Å². The quantitative estimate of drug-likeness (QED) is 0.801. The van der Waals surface area contributed by atoms with Gasteiger partial charge in [0, 0.05) is 10.6 Å². The van der Waals surface area contributed by atoms with Gasteiger partial charge in [-0.1, -0.05) is 29.8 Å². The fourth-order valence-electron chi connectivity index (χ4n) is 3.38. The van der Waals surface area contributed by atoms with Crippen molar-refractivity contribution in [3.8, 4) is 12.1 Å². The van der Waals surface area contributed by atoms with E-state index in [1.165, 1.54) is 18.2 Å². The van der Waals surface area contributed by atoms with Crippen molar-refractivity contribution in [3.05, 3.63) is 81.7 Å². The molecule has 2 heterocycles. The van der Waals surface area contributed by atoms with Crippen LogP contribution >= 0.6 is 11.6 Å². The summed E-state index contributed by atoms with van der Waals surface area (Å²) in [6.45, 7) is 0. The first-order chi connectivity index (χ1) is 12.6. The molecule has 5 nitrogen and oxygen atoms in total. The van der Waals surface area contributed by atoms with Crippen molar-refractivity contribution in [3.63, 3.8) is 0 Å². The monoisotopic (exact) mass is 363 g/mol. The van der Waals surface area contributed by atoms with E-state index in [4.69, 9.17) is 17.3 Å². The van der Waals surface area contributed by atoms with Crippen molar-refractivity contribution in [2.45, 2.75) is 5.92 Å². The Kier molecular flexibility index (Phi) is 3.57. The minimum Gasteiger partial charge on any atom is -0.384 e. The van der Waals surface area contributed by atoms with Gasteiger partial charge in [0.1, 0.15) is 17.5 Å². The van der Waals surface area contributed by atoms with Gasteiger partial charge < -0.3 is 11.1 Å². The van der Waals surface area contributed by atoms with Gasteiger partial charge in [0.25, 0.3) is 0 Å². The fraction of sp³-hybridized carbons (Fsp3) is 0.0526. The van der Waals surface area contributed by atoms with Crippen LogP contribution in [0.3, 0.4) is 0 Å². The fourth-order valence-corrected chi connectivity index (χ4v) is 3.65. The molecule has 2 aromatic carbocycles. The van der Waals surface area contributed by atoms with E-state index in [1.54, 1.807) is 4.90 Å². The van der Waals surface area contributed by atoms with Crippen LogP contribution in [-0.4, -0.2) is 0 Å². The molecule has 0 unspecified atom stereocenters. The summed E-state index contributed by atoms with van der Waals surface area (Å²) >= 11 is 6.21. The zero-order valence-electron chi connectivity index (χ0n) is 13.3. The highest BCUT2D eigenvalue weighted by molar-refractivity contribution is 6.31. The highest BCUT2D eigenvalue weighted by atomic mass is 35.5. The van der Waals surface area contributed by atoms with Gasteiger partial charge in [0.2, 0.25) is 0 Å². The molecule has 0 bridgehead atoms. The molecule has 0 saturated carbocycles. The summed E-state index contributed by atoms with van der Waals surface area (Å²) in [5.74, 6) is -1.02. The van der Waals surface area contributed by atoms with Gasteiger partial charge in [-0.3, -0.25) is 4.90 Å². The highest BCUT2D eigenvalue weighted by Gasteiger charge is 2.41. The van der Waals surface area contributed by atoms with E-state index in [1.807, 2.05) is 30.3 Å². The van der Waals surface area contributed by atoms with Crippen LogP contribution in [0.25, 0.3) is 0 Å². The summed E-state index contributed by atoms with van der Waals surface area (Å²) in [5, 5.41) is 22.8. The Morgan fingerprint density at radius 1 is 1.08 bits per heavy atom. The molecule has 2 aromatic rings. The molecule has 26 heavy (non-hydrogen) atoms. The smallest absolute Gasteiger partial charge is 0.131 e. The Morgan fingerprint density at radius 2 is 1.81 bits per heavy atom. The average Bonchev–Trinajstić information content (AvgIpc) is 3.01. The lowest BCUT2D eigenvalue weighted by Gasteiger charge is -2.31. The van der Waals surface area contributed by atoms with Gasteiger partial charge in [0.15, 0.2) is 0 Å². The Labute approximate surface area is 154 Å². The van der Waals surface area contributed by atoms with Crippen molar-refractivity contribution in [2.24, 2.45) is 5.73 Å². The van der Waals surface area contributed by atoms with Crippen LogP contribution in [0.1, 0.15) is 11.5 Å². The third-order valence-corrected chi connectivity index (χ3v) is 4.83. The second-order valence-electron chi connectivity index (χ2n) is 5.83. The summed E-state index contributed by atoms with van der Waals surface area (Å²) in [6.07, 6.45) is 0. The molecule has 0 aliphatic carbocycles. The largest absolute Gasteiger partial charge is 0.384 e. The summed E-state index contributed by atoms with van der Waals surface area (Å²) < 4.78 is 14.6. The number of anilines is 2. The third-order valence-electron chi connectivity index (χ3n) is 4.50. The number of nitriles is 2. The highest BCUT2D eigenvalue weighted by Crippen LogP contribution is 2.48. The van der Waals surface area contributed by atoms with Crippen LogP contribution in [-0.2, 0) is 0 Å². The number of allylic oxidation sites excluding steroid dienone is 2. The summed E-state index contributed by atoms with van der Waals surface area (Å²) in [4.78, 5) is 1.61. The molecule has 4 rings (SSSR count). The van der Waals surface area contributed by atoms with Crippen molar-refractivity contribution in [1.82, 2.24) is 0 Å². The molecule has 7 heteroatoms. The molecule has 2 aliphatic rings. The minimum absolute atomic E-state index is 0.0649.